The molecule has 0 aliphatic carbocycles. The third-order valence-corrected chi connectivity index (χ3v) is 2.30. The summed E-state index contributed by atoms with van der Waals surface area (Å²) in [7, 11) is 0. The van der Waals surface area contributed by atoms with E-state index in [1.54, 1.807) is 30.3 Å². The van der Waals surface area contributed by atoms with Crippen LogP contribution in [0.5, 0.6) is 5.75 Å². The lowest BCUT2D eigenvalue weighted by atomic mass is 10.1. The lowest BCUT2D eigenvalue weighted by molar-refractivity contribution is 0.476. The number of nitrogen functional groups attached to an aromatic ring is 2. The second-order valence-electron chi connectivity index (χ2n) is 3.62. The maximum Gasteiger partial charge on any atom is 0.154 e. The summed E-state index contributed by atoms with van der Waals surface area (Å²) in [6, 6.07) is 12.3. The molecule has 0 radical (unpaired) electrons. The Morgan fingerprint density at radius 2 is 1.71 bits per heavy atom. The minimum atomic E-state index is 0.0175. The number of para-hydroxylation sites is 1. The molecule has 0 atom stereocenters. The molecule has 2 aromatic rings. The van der Waals surface area contributed by atoms with E-state index in [2.05, 4.69) is 11.8 Å². The van der Waals surface area contributed by atoms with Crippen molar-refractivity contribution in [2.75, 3.05) is 11.5 Å². The maximum atomic E-state index is 9.68. The van der Waals surface area contributed by atoms with E-state index in [0.29, 0.717) is 16.9 Å². The molecule has 0 spiro atoms. The average molecular weight is 224 g/mol. The molecule has 0 aromatic heterocycles. The standard InChI is InChI=1S/C14H12N2O/c15-12-5-1-3-10(9-12)7-8-11-4-2-6-13(16)14(11)17/h1-6,9,17H,15-16H2. The molecular formula is C14H12N2O. The lowest BCUT2D eigenvalue weighted by Crippen LogP contribution is -1.87. The Morgan fingerprint density at radius 1 is 0.941 bits per heavy atom. The van der Waals surface area contributed by atoms with Gasteiger partial charge in [0.2, 0.25) is 0 Å². The zero-order valence-electron chi connectivity index (χ0n) is 9.14. The van der Waals surface area contributed by atoms with Gasteiger partial charge in [-0.2, -0.15) is 0 Å². The second-order valence-corrected chi connectivity index (χ2v) is 3.62. The minimum absolute atomic E-state index is 0.0175. The summed E-state index contributed by atoms with van der Waals surface area (Å²) in [5, 5.41) is 9.68. The van der Waals surface area contributed by atoms with Crippen molar-refractivity contribution in [1.82, 2.24) is 0 Å². The van der Waals surface area contributed by atoms with Crippen LogP contribution in [0.2, 0.25) is 0 Å². The second kappa shape index (κ2) is 4.50. The van der Waals surface area contributed by atoms with Gasteiger partial charge in [0, 0.05) is 11.3 Å². The highest BCUT2D eigenvalue weighted by molar-refractivity contribution is 5.62. The van der Waals surface area contributed by atoms with E-state index in [0.717, 1.165) is 5.56 Å². The molecule has 5 N–H and O–H groups in total. The van der Waals surface area contributed by atoms with Gasteiger partial charge in [-0.1, -0.05) is 24.0 Å². The molecule has 3 nitrogen and oxygen atoms in total. The molecule has 0 fully saturated rings. The van der Waals surface area contributed by atoms with Gasteiger partial charge in [0.15, 0.2) is 5.75 Å². The predicted octanol–water partition coefficient (Wildman–Crippen LogP) is 1.96. The van der Waals surface area contributed by atoms with Crippen LogP contribution in [-0.4, -0.2) is 5.11 Å². The fraction of sp³-hybridized carbons (Fsp3) is 0. The molecule has 0 unspecified atom stereocenters. The van der Waals surface area contributed by atoms with Crippen molar-refractivity contribution in [3.63, 3.8) is 0 Å². The van der Waals surface area contributed by atoms with Crippen molar-refractivity contribution < 1.29 is 5.11 Å². The zero-order valence-corrected chi connectivity index (χ0v) is 9.14. The summed E-state index contributed by atoms with van der Waals surface area (Å²) in [6.45, 7) is 0. The van der Waals surface area contributed by atoms with E-state index in [1.165, 1.54) is 0 Å². The number of phenols is 1. The molecule has 3 heteroatoms. The zero-order chi connectivity index (χ0) is 12.3. The smallest absolute Gasteiger partial charge is 0.154 e. The van der Waals surface area contributed by atoms with Gasteiger partial charge in [0.25, 0.3) is 0 Å². The number of anilines is 2. The SMILES string of the molecule is Nc1cccc(C#Cc2cccc(N)c2O)c1. The van der Waals surface area contributed by atoms with Gasteiger partial charge in [0.1, 0.15) is 0 Å². The van der Waals surface area contributed by atoms with E-state index in [4.69, 9.17) is 11.5 Å². The summed E-state index contributed by atoms with van der Waals surface area (Å²) in [5.74, 6) is 5.80. The summed E-state index contributed by atoms with van der Waals surface area (Å²) in [6.07, 6.45) is 0. The number of benzene rings is 2. The van der Waals surface area contributed by atoms with Crippen LogP contribution in [0.3, 0.4) is 0 Å². The van der Waals surface area contributed by atoms with E-state index in [1.807, 2.05) is 12.1 Å². The molecule has 84 valence electrons. The van der Waals surface area contributed by atoms with Crippen molar-refractivity contribution in [3.05, 3.63) is 53.6 Å². The van der Waals surface area contributed by atoms with Gasteiger partial charge < -0.3 is 16.6 Å². The highest BCUT2D eigenvalue weighted by Crippen LogP contribution is 2.23. The third-order valence-electron chi connectivity index (χ3n) is 2.30. The fourth-order valence-corrected chi connectivity index (χ4v) is 1.42. The van der Waals surface area contributed by atoms with Crippen LogP contribution >= 0.6 is 0 Å². The topological polar surface area (TPSA) is 72.3 Å². The van der Waals surface area contributed by atoms with Crippen LogP contribution in [0.4, 0.5) is 11.4 Å². The Balaban J connectivity index is 2.36. The molecule has 0 heterocycles. The third kappa shape index (κ3) is 2.50. The Hall–Kier alpha value is -2.60. The Labute approximate surface area is 99.7 Å². The van der Waals surface area contributed by atoms with E-state index < -0.39 is 0 Å². The monoisotopic (exact) mass is 224 g/mol. The van der Waals surface area contributed by atoms with Crippen LogP contribution in [0.25, 0.3) is 0 Å². The van der Waals surface area contributed by atoms with E-state index in [9.17, 15) is 5.11 Å². The maximum absolute atomic E-state index is 9.68. The van der Waals surface area contributed by atoms with Crippen molar-refractivity contribution in [3.8, 4) is 17.6 Å². The minimum Gasteiger partial charge on any atom is -0.505 e. The van der Waals surface area contributed by atoms with Crippen LogP contribution in [0, 0.1) is 11.8 Å². The van der Waals surface area contributed by atoms with Crippen molar-refractivity contribution >= 4 is 11.4 Å². The molecule has 0 bridgehead atoms. The van der Waals surface area contributed by atoms with Gasteiger partial charge in [-0.3, -0.25) is 0 Å². The van der Waals surface area contributed by atoms with Crippen LogP contribution in [0.15, 0.2) is 42.5 Å². The molecule has 0 aliphatic heterocycles. The normalized spacial score (nSPS) is 9.41. The number of phenolic OH excluding ortho intramolecular Hbond substituents is 1. The Kier molecular flexibility index (Phi) is 2.89. The number of hydrogen-bond donors (Lipinski definition) is 3. The van der Waals surface area contributed by atoms with E-state index >= 15 is 0 Å². The summed E-state index contributed by atoms with van der Waals surface area (Å²) in [5.41, 5.74) is 13.5. The molecule has 0 saturated heterocycles. The van der Waals surface area contributed by atoms with Crippen LogP contribution in [0.1, 0.15) is 11.1 Å². The number of nitrogens with two attached hydrogens (primary N) is 2. The first-order valence-electron chi connectivity index (χ1n) is 5.12. The highest BCUT2D eigenvalue weighted by atomic mass is 16.3. The van der Waals surface area contributed by atoms with E-state index in [-0.39, 0.29) is 5.75 Å². The molecule has 0 amide bonds. The van der Waals surface area contributed by atoms with Crippen LogP contribution in [-0.2, 0) is 0 Å². The van der Waals surface area contributed by atoms with Gasteiger partial charge >= 0.3 is 0 Å². The summed E-state index contributed by atoms with van der Waals surface area (Å²) >= 11 is 0. The molecule has 17 heavy (non-hydrogen) atoms. The number of rotatable bonds is 0. The quantitative estimate of drug-likeness (QED) is 0.364. The fourth-order valence-electron chi connectivity index (χ4n) is 1.42. The van der Waals surface area contributed by atoms with Crippen molar-refractivity contribution in [1.29, 1.82) is 0 Å². The first-order valence-corrected chi connectivity index (χ1v) is 5.12. The number of hydrogen-bond acceptors (Lipinski definition) is 3. The van der Waals surface area contributed by atoms with Gasteiger partial charge in [-0.05, 0) is 30.3 Å². The first kappa shape index (κ1) is 10.9. The van der Waals surface area contributed by atoms with Gasteiger partial charge in [0.05, 0.1) is 11.3 Å². The average Bonchev–Trinajstić information content (AvgIpc) is 2.31. The molecular weight excluding hydrogens is 212 g/mol. The molecule has 2 rings (SSSR count). The lowest BCUT2D eigenvalue weighted by Gasteiger charge is -1.99. The Morgan fingerprint density at radius 3 is 2.47 bits per heavy atom. The number of aromatic hydroxyl groups is 1. The molecule has 0 aliphatic rings. The molecule has 2 aromatic carbocycles. The van der Waals surface area contributed by atoms with Gasteiger partial charge in [-0.25, -0.2) is 0 Å². The van der Waals surface area contributed by atoms with Gasteiger partial charge in [-0.15, -0.1) is 0 Å². The molecule has 0 saturated carbocycles. The van der Waals surface area contributed by atoms with Crippen molar-refractivity contribution in [2.45, 2.75) is 0 Å². The summed E-state index contributed by atoms with van der Waals surface area (Å²) < 4.78 is 0. The summed E-state index contributed by atoms with van der Waals surface area (Å²) in [4.78, 5) is 0. The first-order chi connectivity index (χ1) is 8.16. The van der Waals surface area contributed by atoms with Crippen LogP contribution < -0.4 is 11.5 Å². The predicted molar refractivity (Wildman–Crippen MR) is 69.4 cm³/mol. The van der Waals surface area contributed by atoms with Crippen molar-refractivity contribution in [2.24, 2.45) is 0 Å². The Bertz CT molecular complexity index is 609. The largest absolute Gasteiger partial charge is 0.505 e. The highest BCUT2D eigenvalue weighted by Gasteiger charge is 2.00.